The summed E-state index contributed by atoms with van der Waals surface area (Å²) in [6.45, 7) is 5.82. The molecule has 0 aliphatic carbocycles. The molecule has 0 bridgehead atoms. The van der Waals surface area contributed by atoms with E-state index >= 15 is 0 Å². The van der Waals surface area contributed by atoms with Crippen molar-refractivity contribution in [3.63, 3.8) is 0 Å². The predicted molar refractivity (Wildman–Crippen MR) is 125 cm³/mol. The second kappa shape index (κ2) is 8.58. The summed E-state index contributed by atoms with van der Waals surface area (Å²) < 4.78 is 36.7. The Bertz CT molecular complexity index is 1210. The average Bonchev–Trinajstić information content (AvgIpc) is 3.21. The maximum Gasteiger partial charge on any atom is 0.345 e. The van der Waals surface area contributed by atoms with Crippen molar-refractivity contribution < 1.29 is 22.7 Å². The molecule has 2 heterocycles. The van der Waals surface area contributed by atoms with Gasteiger partial charge in [0.15, 0.2) is 17.4 Å². The van der Waals surface area contributed by atoms with Crippen molar-refractivity contribution in [2.75, 3.05) is 19.4 Å². The van der Waals surface area contributed by atoms with Gasteiger partial charge in [0.05, 0.1) is 15.7 Å². The summed E-state index contributed by atoms with van der Waals surface area (Å²) in [6, 6.07) is 5.74. The molecule has 1 aliphatic heterocycles. The molecule has 0 spiro atoms. The number of rotatable bonds is 4. The van der Waals surface area contributed by atoms with Gasteiger partial charge in [0, 0.05) is 14.1 Å². The zero-order valence-electron chi connectivity index (χ0n) is 18.2. The lowest BCUT2D eigenvalue weighted by Gasteiger charge is -2.26. The highest BCUT2D eigenvalue weighted by atomic mass is 79.9. The monoisotopic (exact) mass is 525 g/mol. The number of halogens is 1. The SMILES string of the molecule is CN(C)C(=O)c1cccc(NC2=NS(=O)(=O)NC2=NC(c2cc(Br)co2)C(C)(C)C)c1O. The number of amidine groups is 2. The Morgan fingerprint density at radius 1 is 1.34 bits per heavy atom. The van der Waals surface area contributed by atoms with Gasteiger partial charge in [-0.25, -0.2) is 4.72 Å². The van der Waals surface area contributed by atoms with Crippen molar-refractivity contribution in [2.24, 2.45) is 14.8 Å². The highest BCUT2D eigenvalue weighted by Crippen LogP contribution is 2.38. The number of hydrogen-bond donors (Lipinski definition) is 3. The minimum atomic E-state index is -4.04. The number of hydrogen-bond acceptors (Lipinski definition) is 7. The molecule has 0 saturated heterocycles. The lowest BCUT2D eigenvalue weighted by Crippen LogP contribution is -2.32. The van der Waals surface area contributed by atoms with Crippen molar-refractivity contribution in [1.29, 1.82) is 0 Å². The molecular weight excluding hydrogens is 502 g/mol. The number of para-hydroxylation sites is 1. The molecule has 2 aromatic rings. The number of carbonyl (C=O) groups is 1. The van der Waals surface area contributed by atoms with Crippen LogP contribution in [0.5, 0.6) is 5.75 Å². The van der Waals surface area contributed by atoms with Crippen LogP contribution in [-0.2, 0) is 10.2 Å². The Morgan fingerprint density at radius 3 is 2.59 bits per heavy atom. The molecule has 1 aliphatic rings. The first kappa shape index (κ1) is 23.8. The van der Waals surface area contributed by atoms with Crippen molar-refractivity contribution in [3.8, 4) is 5.75 Å². The van der Waals surface area contributed by atoms with Crippen LogP contribution in [0.25, 0.3) is 0 Å². The van der Waals surface area contributed by atoms with Gasteiger partial charge in [-0.2, -0.15) is 8.42 Å². The van der Waals surface area contributed by atoms with Gasteiger partial charge in [0.2, 0.25) is 0 Å². The topological polar surface area (TPSA) is 137 Å². The molecule has 1 aromatic carbocycles. The van der Waals surface area contributed by atoms with Gasteiger partial charge in [-0.15, -0.1) is 4.40 Å². The van der Waals surface area contributed by atoms with Crippen LogP contribution in [0.15, 0.2) is 48.8 Å². The quantitative estimate of drug-likeness (QED) is 0.523. The van der Waals surface area contributed by atoms with E-state index in [-0.39, 0.29) is 28.7 Å². The molecular formula is C20H24BrN5O5S. The number of phenols is 1. The van der Waals surface area contributed by atoms with Crippen LogP contribution in [0.1, 0.15) is 42.9 Å². The van der Waals surface area contributed by atoms with E-state index in [1.807, 2.05) is 20.8 Å². The molecule has 1 atom stereocenters. The maximum atomic E-state index is 12.3. The van der Waals surface area contributed by atoms with E-state index in [0.29, 0.717) is 5.76 Å². The molecule has 0 radical (unpaired) electrons. The number of furan rings is 1. The molecule has 3 N–H and O–H groups in total. The zero-order chi connectivity index (χ0) is 23.8. The van der Waals surface area contributed by atoms with Crippen LogP contribution < -0.4 is 10.0 Å². The fourth-order valence-corrected chi connectivity index (χ4v) is 4.13. The third kappa shape index (κ3) is 5.13. The maximum absolute atomic E-state index is 12.3. The summed E-state index contributed by atoms with van der Waals surface area (Å²) in [5.74, 6) is -0.366. The third-order valence-electron chi connectivity index (χ3n) is 4.52. The third-order valence-corrected chi connectivity index (χ3v) is 5.81. The Hall–Kier alpha value is -2.86. The van der Waals surface area contributed by atoms with Gasteiger partial charge in [0.25, 0.3) is 5.91 Å². The second-order valence-corrected chi connectivity index (χ2v) is 10.7. The zero-order valence-corrected chi connectivity index (χ0v) is 20.6. The van der Waals surface area contributed by atoms with Gasteiger partial charge in [-0.1, -0.05) is 26.8 Å². The lowest BCUT2D eigenvalue weighted by molar-refractivity contribution is 0.0824. The Labute approximate surface area is 194 Å². The van der Waals surface area contributed by atoms with Crippen LogP contribution in [0.4, 0.5) is 5.69 Å². The van der Waals surface area contributed by atoms with Crippen molar-refractivity contribution in [1.82, 2.24) is 9.62 Å². The lowest BCUT2D eigenvalue weighted by atomic mass is 9.85. The number of benzene rings is 1. The van der Waals surface area contributed by atoms with Gasteiger partial charge >= 0.3 is 10.2 Å². The van der Waals surface area contributed by atoms with Crippen molar-refractivity contribution >= 4 is 49.4 Å². The molecule has 32 heavy (non-hydrogen) atoms. The molecule has 12 heteroatoms. The van der Waals surface area contributed by atoms with Crippen LogP contribution in [0.3, 0.4) is 0 Å². The summed E-state index contributed by atoms with van der Waals surface area (Å²) in [6.07, 6.45) is 1.52. The Balaban J connectivity index is 2.02. The number of aromatic hydroxyl groups is 1. The number of nitrogens with zero attached hydrogens (tertiary/aromatic N) is 3. The number of aliphatic imine (C=N–C) groups is 1. The summed E-state index contributed by atoms with van der Waals surface area (Å²) >= 11 is 3.34. The molecule has 1 amide bonds. The average molecular weight is 526 g/mol. The summed E-state index contributed by atoms with van der Waals surface area (Å²) in [4.78, 5) is 18.2. The number of anilines is 1. The first-order chi connectivity index (χ1) is 14.8. The number of phenolic OH excluding ortho intramolecular Hbond substituents is 1. The number of nitrogens with one attached hydrogen (secondary N) is 2. The Kier molecular flexibility index (Phi) is 6.38. The molecule has 3 rings (SSSR count). The van der Waals surface area contributed by atoms with Crippen LogP contribution in [-0.4, -0.2) is 50.1 Å². The molecule has 1 aromatic heterocycles. The summed E-state index contributed by atoms with van der Waals surface area (Å²) in [5.41, 5.74) is -0.263. The van der Waals surface area contributed by atoms with E-state index in [4.69, 9.17) is 4.42 Å². The fourth-order valence-electron chi connectivity index (χ4n) is 3.00. The fraction of sp³-hybridized carbons (Fsp3) is 0.350. The second-order valence-electron chi connectivity index (χ2n) is 8.46. The standard InChI is InChI=1S/C20H24BrN5O5S/c1-20(2,3)16(14-9-11(21)10-31-14)23-18-17(24-32(29,30)25-18)22-13-8-6-7-12(15(13)27)19(28)26(4)5/h6-10,16,27H,1-5H3,(H,22,24)(H,23,25). The minimum absolute atomic E-state index is 0.0406. The molecule has 0 saturated carbocycles. The highest BCUT2D eigenvalue weighted by Gasteiger charge is 2.34. The first-order valence-electron chi connectivity index (χ1n) is 9.54. The van der Waals surface area contributed by atoms with Gasteiger partial charge in [0.1, 0.15) is 18.1 Å². The van der Waals surface area contributed by atoms with E-state index in [9.17, 15) is 18.3 Å². The van der Waals surface area contributed by atoms with E-state index in [0.717, 1.165) is 4.47 Å². The number of carbonyl (C=O) groups excluding carboxylic acids is 1. The van der Waals surface area contributed by atoms with E-state index in [1.165, 1.54) is 23.3 Å². The predicted octanol–water partition coefficient (Wildman–Crippen LogP) is 3.29. The molecule has 172 valence electrons. The van der Waals surface area contributed by atoms with E-state index in [2.05, 4.69) is 35.4 Å². The first-order valence-corrected chi connectivity index (χ1v) is 11.8. The Morgan fingerprint density at radius 2 is 2.03 bits per heavy atom. The minimum Gasteiger partial charge on any atom is -0.505 e. The van der Waals surface area contributed by atoms with Gasteiger partial charge < -0.3 is 19.7 Å². The van der Waals surface area contributed by atoms with Crippen molar-refractivity contribution in [2.45, 2.75) is 26.8 Å². The largest absolute Gasteiger partial charge is 0.505 e. The van der Waals surface area contributed by atoms with Crippen LogP contribution in [0, 0.1) is 5.41 Å². The molecule has 10 nitrogen and oxygen atoms in total. The summed E-state index contributed by atoms with van der Waals surface area (Å²) in [7, 11) is -0.919. The van der Waals surface area contributed by atoms with E-state index < -0.39 is 27.6 Å². The normalized spacial score (nSPS) is 17.6. The van der Waals surface area contributed by atoms with Crippen molar-refractivity contribution in [3.05, 3.63) is 46.3 Å². The van der Waals surface area contributed by atoms with E-state index in [1.54, 1.807) is 26.2 Å². The van der Waals surface area contributed by atoms with Gasteiger partial charge in [-0.05, 0) is 39.5 Å². The highest BCUT2D eigenvalue weighted by molar-refractivity contribution is 9.10. The summed E-state index contributed by atoms with van der Waals surface area (Å²) in [5, 5.41) is 13.4. The smallest absolute Gasteiger partial charge is 0.345 e. The number of amides is 1. The van der Waals surface area contributed by atoms with Gasteiger partial charge in [-0.3, -0.25) is 9.79 Å². The van der Waals surface area contributed by atoms with Crippen LogP contribution in [0.2, 0.25) is 0 Å². The molecule has 0 fully saturated rings. The molecule has 1 unspecified atom stereocenters. The van der Waals surface area contributed by atoms with Crippen LogP contribution >= 0.6 is 15.9 Å².